The van der Waals surface area contributed by atoms with Crippen LogP contribution in [-0.4, -0.2) is 29.3 Å². The van der Waals surface area contributed by atoms with Gasteiger partial charge in [-0.05, 0) is 62.0 Å². The summed E-state index contributed by atoms with van der Waals surface area (Å²) in [7, 11) is 3.31. The number of nitrogens with one attached hydrogen (secondary N) is 2. The predicted molar refractivity (Wildman–Crippen MR) is 118 cm³/mol. The summed E-state index contributed by atoms with van der Waals surface area (Å²) in [6.07, 6.45) is 1.81. The number of pyridine rings is 1. The van der Waals surface area contributed by atoms with Crippen LogP contribution < -0.4 is 19.7 Å². The fourth-order valence-electron chi connectivity index (χ4n) is 3.97. The number of hydrogen-bond donors (Lipinski definition) is 2. The molecule has 6 nitrogen and oxygen atoms in total. The third-order valence-electron chi connectivity index (χ3n) is 5.25. The topological polar surface area (TPSA) is 62.4 Å². The van der Waals surface area contributed by atoms with Crippen molar-refractivity contribution in [2.24, 2.45) is 0 Å². The van der Waals surface area contributed by atoms with E-state index in [0.29, 0.717) is 5.11 Å². The van der Waals surface area contributed by atoms with Gasteiger partial charge in [0.1, 0.15) is 11.5 Å². The summed E-state index contributed by atoms with van der Waals surface area (Å²) in [5.74, 6) is 1.47. The van der Waals surface area contributed by atoms with Crippen LogP contribution in [0.2, 0.25) is 0 Å². The molecular weight excluding hydrogens is 384 g/mol. The van der Waals surface area contributed by atoms with Crippen LogP contribution in [0.15, 0.2) is 48.7 Å². The Morgan fingerprint density at radius 2 is 1.90 bits per heavy atom. The predicted octanol–water partition coefficient (Wildman–Crippen LogP) is 4.22. The van der Waals surface area contributed by atoms with E-state index in [-0.39, 0.29) is 12.1 Å². The molecule has 0 saturated carbocycles. The molecule has 4 rings (SSSR count). The van der Waals surface area contributed by atoms with Crippen molar-refractivity contribution in [3.05, 3.63) is 71.3 Å². The third-order valence-corrected chi connectivity index (χ3v) is 5.57. The second kappa shape index (κ2) is 7.75. The van der Waals surface area contributed by atoms with Crippen molar-refractivity contribution < 1.29 is 9.47 Å². The zero-order chi connectivity index (χ0) is 20.5. The van der Waals surface area contributed by atoms with E-state index in [9.17, 15) is 0 Å². The van der Waals surface area contributed by atoms with Gasteiger partial charge in [0, 0.05) is 23.7 Å². The number of rotatable bonds is 5. The van der Waals surface area contributed by atoms with Gasteiger partial charge in [0.05, 0.1) is 37.7 Å². The molecule has 29 heavy (non-hydrogen) atoms. The molecule has 1 aliphatic rings. The summed E-state index contributed by atoms with van der Waals surface area (Å²) in [4.78, 5) is 10.1. The van der Waals surface area contributed by atoms with E-state index >= 15 is 0 Å². The van der Waals surface area contributed by atoms with Gasteiger partial charge in [0.2, 0.25) is 0 Å². The number of H-pyrrole nitrogens is 1. The van der Waals surface area contributed by atoms with Crippen molar-refractivity contribution in [2.45, 2.75) is 25.9 Å². The Kier molecular flexibility index (Phi) is 5.15. The van der Waals surface area contributed by atoms with E-state index in [1.165, 1.54) is 0 Å². The highest BCUT2D eigenvalue weighted by Crippen LogP contribution is 2.46. The first-order valence-corrected chi connectivity index (χ1v) is 9.83. The monoisotopic (exact) mass is 408 g/mol. The summed E-state index contributed by atoms with van der Waals surface area (Å²) >= 11 is 5.79. The number of methoxy groups -OCH3 is 2. The van der Waals surface area contributed by atoms with Gasteiger partial charge in [-0.15, -0.1) is 0 Å². The molecule has 3 aromatic rings. The minimum atomic E-state index is -0.103. The molecule has 1 saturated heterocycles. The van der Waals surface area contributed by atoms with Gasteiger partial charge in [-0.25, -0.2) is 0 Å². The number of ether oxygens (including phenoxy) is 2. The number of nitrogens with zero attached hydrogens (tertiary/aromatic N) is 2. The maximum atomic E-state index is 5.79. The second-order valence-electron chi connectivity index (χ2n) is 7.07. The van der Waals surface area contributed by atoms with E-state index in [1.54, 1.807) is 20.4 Å². The van der Waals surface area contributed by atoms with E-state index < -0.39 is 0 Å². The Bertz CT molecular complexity index is 1030. The van der Waals surface area contributed by atoms with E-state index in [2.05, 4.69) is 40.1 Å². The minimum absolute atomic E-state index is 0.0941. The quantitative estimate of drug-likeness (QED) is 0.617. The first kappa shape index (κ1) is 19.3. The Morgan fingerprint density at radius 1 is 1.07 bits per heavy atom. The molecule has 3 heterocycles. The van der Waals surface area contributed by atoms with Gasteiger partial charge >= 0.3 is 0 Å². The highest BCUT2D eigenvalue weighted by molar-refractivity contribution is 7.80. The minimum Gasteiger partial charge on any atom is -0.497 e. The van der Waals surface area contributed by atoms with Gasteiger partial charge in [-0.2, -0.15) is 0 Å². The molecule has 2 aromatic heterocycles. The van der Waals surface area contributed by atoms with E-state index in [4.69, 9.17) is 21.7 Å². The standard InChI is InChI=1S/C22H24N4O2S/c1-13-11-16(14(2)24-13)21-20(17-7-5-6-10-23-17)25-22(29)26(21)18-12-15(27-3)8-9-19(18)28-4/h5-12,20-21,24H,1-4H3,(H,25,29). The molecule has 1 aliphatic heterocycles. The molecule has 1 fully saturated rings. The zero-order valence-corrected chi connectivity index (χ0v) is 17.7. The van der Waals surface area contributed by atoms with Crippen LogP contribution in [0.1, 0.15) is 34.7 Å². The van der Waals surface area contributed by atoms with Crippen LogP contribution in [0.3, 0.4) is 0 Å². The van der Waals surface area contributed by atoms with Gasteiger partial charge < -0.3 is 24.7 Å². The Labute approximate surface area is 175 Å². The fourth-order valence-corrected chi connectivity index (χ4v) is 4.31. The van der Waals surface area contributed by atoms with Gasteiger partial charge in [0.25, 0.3) is 0 Å². The van der Waals surface area contributed by atoms with Gasteiger partial charge in [0.15, 0.2) is 5.11 Å². The van der Waals surface area contributed by atoms with Crippen LogP contribution in [0.25, 0.3) is 0 Å². The lowest BCUT2D eigenvalue weighted by Crippen LogP contribution is -2.30. The zero-order valence-electron chi connectivity index (χ0n) is 16.9. The number of aromatic amines is 1. The van der Waals surface area contributed by atoms with Crippen LogP contribution in [0.5, 0.6) is 11.5 Å². The molecule has 2 N–H and O–H groups in total. The van der Waals surface area contributed by atoms with Crippen molar-refractivity contribution >= 4 is 23.0 Å². The molecular formula is C22H24N4O2S. The summed E-state index contributed by atoms with van der Waals surface area (Å²) in [6, 6.07) is 13.6. The summed E-state index contributed by atoms with van der Waals surface area (Å²) in [5.41, 5.74) is 5.16. The lowest BCUT2D eigenvalue weighted by Gasteiger charge is -2.29. The number of aromatic nitrogens is 2. The largest absolute Gasteiger partial charge is 0.497 e. The van der Waals surface area contributed by atoms with Crippen molar-refractivity contribution in [3.63, 3.8) is 0 Å². The highest BCUT2D eigenvalue weighted by atomic mass is 32.1. The average molecular weight is 409 g/mol. The normalized spacial score (nSPS) is 18.6. The number of thiocarbonyl (C=S) groups is 1. The van der Waals surface area contributed by atoms with Crippen molar-refractivity contribution in [1.82, 2.24) is 15.3 Å². The lowest BCUT2D eigenvalue weighted by molar-refractivity contribution is 0.403. The molecule has 1 aromatic carbocycles. The van der Waals surface area contributed by atoms with Crippen molar-refractivity contribution in [3.8, 4) is 11.5 Å². The molecule has 0 aliphatic carbocycles. The van der Waals surface area contributed by atoms with Crippen LogP contribution in [0, 0.1) is 13.8 Å². The van der Waals surface area contributed by atoms with E-state index in [1.807, 2.05) is 36.4 Å². The van der Waals surface area contributed by atoms with Crippen LogP contribution in [0.4, 0.5) is 5.69 Å². The number of benzene rings is 1. The van der Waals surface area contributed by atoms with Crippen LogP contribution in [-0.2, 0) is 0 Å². The molecule has 150 valence electrons. The maximum Gasteiger partial charge on any atom is 0.174 e. The first-order chi connectivity index (χ1) is 14.0. The summed E-state index contributed by atoms with van der Waals surface area (Å²) in [5, 5.41) is 4.10. The lowest BCUT2D eigenvalue weighted by atomic mass is 9.96. The Hall–Kier alpha value is -3.06. The Morgan fingerprint density at radius 3 is 2.52 bits per heavy atom. The average Bonchev–Trinajstić information content (AvgIpc) is 3.25. The maximum absolute atomic E-state index is 5.79. The number of aryl methyl sites for hydroxylation is 2. The van der Waals surface area contributed by atoms with Crippen LogP contribution >= 0.6 is 12.2 Å². The molecule has 2 atom stereocenters. The number of anilines is 1. The smallest absolute Gasteiger partial charge is 0.174 e. The second-order valence-corrected chi connectivity index (χ2v) is 7.45. The molecule has 0 spiro atoms. The molecule has 7 heteroatoms. The summed E-state index contributed by atoms with van der Waals surface area (Å²) < 4.78 is 11.1. The Balaban J connectivity index is 1.90. The molecule has 0 radical (unpaired) electrons. The van der Waals surface area contributed by atoms with Crippen molar-refractivity contribution in [1.29, 1.82) is 0 Å². The van der Waals surface area contributed by atoms with Gasteiger partial charge in [-0.3, -0.25) is 4.98 Å². The molecule has 2 unspecified atom stereocenters. The SMILES string of the molecule is COc1ccc(OC)c(N2C(=S)NC(c3ccccn3)C2c2cc(C)[nH]c2C)c1. The van der Waals surface area contributed by atoms with Crippen molar-refractivity contribution in [2.75, 3.05) is 19.1 Å². The third kappa shape index (κ3) is 3.42. The first-order valence-electron chi connectivity index (χ1n) is 9.42. The van der Waals surface area contributed by atoms with Gasteiger partial charge in [-0.1, -0.05) is 6.07 Å². The molecule has 0 bridgehead atoms. The number of hydrogen-bond acceptors (Lipinski definition) is 4. The fraction of sp³-hybridized carbons (Fsp3) is 0.273. The van der Waals surface area contributed by atoms with E-state index in [0.717, 1.165) is 39.8 Å². The summed E-state index contributed by atoms with van der Waals surface area (Å²) in [6.45, 7) is 4.14. The molecule has 0 amide bonds. The highest BCUT2D eigenvalue weighted by Gasteiger charge is 2.42.